The lowest BCUT2D eigenvalue weighted by Crippen LogP contribution is -2.40. The number of carbonyl (C=O) groups is 1. The van der Waals surface area contributed by atoms with Crippen molar-refractivity contribution in [1.82, 2.24) is 19.9 Å². The third-order valence-corrected chi connectivity index (χ3v) is 5.79. The average molecular weight is 432 g/mol. The second-order valence-corrected chi connectivity index (χ2v) is 8.32. The fourth-order valence-electron chi connectivity index (χ4n) is 4.03. The third-order valence-electron chi connectivity index (χ3n) is 5.79. The summed E-state index contributed by atoms with van der Waals surface area (Å²) >= 11 is 0. The predicted molar refractivity (Wildman–Crippen MR) is 125 cm³/mol. The topological polar surface area (TPSA) is 71.5 Å². The number of carbonyl (C=O) groups excluding carboxylic acids is 1. The largest absolute Gasteiger partial charge is 0.497 e. The van der Waals surface area contributed by atoms with Crippen LogP contribution in [0, 0.1) is 0 Å². The van der Waals surface area contributed by atoms with Crippen LogP contribution in [0.3, 0.4) is 0 Å². The molecule has 3 aromatic rings. The SMILES string of the molecule is COc1cccc(CC(=O)N2CCC[C@H](c3cc(N(C)C)nc(-c4cccnc4)n3)C2)c1. The molecule has 1 aliphatic heterocycles. The van der Waals surface area contributed by atoms with Gasteiger partial charge in [-0.15, -0.1) is 0 Å². The molecule has 1 aliphatic rings. The van der Waals surface area contributed by atoms with Crippen molar-refractivity contribution >= 4 is 11.7 Å². The molecule has 4 rings (SSSR count). The van der Waals surface area contributed by atoms with Crippen LogP contribution in [0.5, 0.6) is 5.75 Å². The zero-order chi connectivity index (χ0) is 22.5. The van der Waals surface area contributed by atoms with Crippen molar-refractivity contribution in [2.75, 3.05) is 39.2 Å². The van der Waals surface area contributed by atoms with Gasteiger partial charge in [0.15, 0.2) is 5.82 Å². The molecule has 7 heteroatoms. The van der Waals surface area contributed by atoms with E-state index in [4.69, 9.17) is 14.7 Å². The summed E-state index contributed by atoms with van der Waals surface area (Å²) in [6.45, 7) is 1.44. The molecule has 7 nitrogen and oxygen atoms in total. The standard InChI is InChI=1S/C25H29N5O2/c1-29(2)23-15-22(27-25(28-23)19-8-5-11-26-16-19)20-9-6-12-30(17-20)24(31)14-18-7-4-10-21(13-18)32-3/h4-5,7-8,10-11,13,15-16,20H,6,9,12,14,17H2,1-3H3/t20-/m0/s1. The Morgan fingerprint density at radius 2 is 2.06 bits per heavy atom. The van der Waals surface area contributed by atoms with Crippen LogP contribution in [0.15, 0.2) is 54.9 Å². The molecule has 0 spiro atoms. The van der Waals surface area contributed by atoms with E-state index in [0.29, 0.717) is 18.8 Å². The minimum absolute atomic E-state index is 0.136. The van der Waals surface area contributed by atoms with Gasteiger partial charge in [0.05, 0.1) is 19.2 Å². The molecule has 0 N–H and O–H groups in total. The van der Waals surface area contributed by atoms with Gasteiger partial charge in [-0.3, -0.25) is 9.78 Å². The molecule has 1 saturated heterocycles. The van der Waals surface area contributed by atoms with Gasteiger partial charge in [0.2, 0.25) is 5.91 Å². The minimum Gasteiger partial charge on any atom is -0.497 e. The van der Waals surface area contributed by atoms with Crippen LogP contribution in [-0.4, -0.2) is 60.1 Å². The quantitative estimate of drug-likeness (QED) is 0.594. The lowest BCUT2D eigenvalue weighted by atomic mass is 9.93. The lowest BCUT2D eigenvalue weighted by Gasteiger charge is -2.33. The van der Waals surface area contributed by atoms with Crippen LogP contribution in [0.1, 0.15) is 30.0 Å². The van der Waals surface area contributed by atoms with Gasteiger partial charge in [-0.25, -0.2) is 9.97 Å². The van der Waals surface area contributed by atoms with Crippen molar-refractivity contribution in [2.24, 2.45) is 0 Å². The van der Waals surface area contributed by atoms with Gasteiger partial charge in [0, 0.05) is 57.1 Å². The average Bonchev–Trinajstić information content (AvgIpc) is 2.84. The number of piperidine rings is 1. The summed E-state index contributed by atoms with van der Waals surface area (Å²) in [5.41, 5.74) is 2.83. The fourth-order valence-corrected chi connectivity index (χ4v) is 4.03. The van der Waals surface area contributed by atoms with Crippen molar-refractivity contribution in [3.63, 3.8) is 0 Å². The van der Waals surface area contributed by atoms with Crippen LogP contribution >= 0.6 is 0 Å². The first-order chi connectivity index (χ1) is 15.5. The maximum absolute atomic E-state index is 13.0. The molecule has 0 bridgehead atoms. The molecular weight excluding hydrogens is 402 g/mol. The van der Waals surface area contributed by atoms with E-state index in [1.807, 2.05) is 66.4 Å². The molecular formula is C25H29N5O2. The Morgan fingerprint density at radius 1 is 1.19 bits per heavy atom. The molecule has 1 fully saturated rings. The third kappa shape index (κ3) is 5.04. The predicted octanol–water partition coefficient (Wildman–Crippen LogP) is 3.56. The van der Waals surface area contributed by atoms with E-state index < -0.39 is 0 Å². The highest BCUT2D eigenvalue weighted by molar-refractivity contribution is 5.79. The molecule has 32 heavy (non-hydrogen) atoms. The van der Waals surface area contributed by atoms with Crippen molar-refractivity contribution in [1.29, 1.82) is 0 Å². The Kier molecular flexibility index (Phi) is 6.63. The molecule has 2 aromatic heterocycles. The van der Waals surface area contributed by atoms with Crippen LogP contribution in [0.4, 0.5) is 5.82 Å². The van der Waals surface area contributed by atoms with Gasteiger partial charge in [-0.2, -0.15) is 0 Å². The number of anilines is 1. The summed E-state index contributed by atoms with van der Waals surface area (Å²) in [6, 6.07) is 13.6. The maximum Gasteiger partial charge on any atom is 0.227 e. The molecule has 3 heterocycles. The number of hydrogen-bond acceptors (Lipinski definition) is 6. The number of nitrogens with zero attached hydrogens (tertiary/aromatic N) is 5. The highest BCUT2D eigenvalue weighted by Crippen LogP contribution is 2.29. The Hall–Kier alpha value is -3.48. The van der Waals surface area contributed by atoms with Crippen LogP contribution in [0.2, 0.25) is 0 Å². The van der Waals surface area contributed by atoms with Gasteiger partial charge in [-0.1, -0.05) is 12.1 Å². The van der Waals surface area contributed by atoms with Crippen molar-refractivity contribution in [2.45, 2.75) is 25.2 Å². The number of rotatable bonds is 6. The lowest BCUT2D eigenvalue weighted by molar-refractivity contribution is -0.131. The van der Waals surface area contributed by atoms with Gasteiger partial charge >= 0.3 is 0 Å². The summed E-state index contributed by atoms with van der Waals surface area (Å²) in [5, 5.41) is 0. The molecule has 0 unspecified atom stereocenters. The Balaban J connectivity index is 1.54. The van der Waals surface area contributed by atoms with E-state index in [2.05, 4.69) is 4.98 Å². The molecule has 1 aromatic carbocycles. The van der Waals surface area contributed by atoms with Gasteiger partial charge in [0.25, 0.3) is 0 Å². The second kappa shape index (κ2) is 9.77. The summed E-state index contributed by atoms with van der Waals surface area (Å²) in [6.07, 6.45) is 5.85. The van der Waals surface area contributed by atoms with E-state index in [0.717, 1.165) is 47.8 Å². The van der Waals surface area contributed by atoms with Crippen molar-refractivity contribution < 1.29 is 9.53 Å². The van der Waals surface area contributed by atoms with Gasteiger partial charge < -0.3 is 14.5 Å². The minimum atomic E-state index is 0.136. The highest BCUT2D eigenvalue weighted by Gasteiger charge is 2.27. The second-order valence-electron chi connectivity index (χ2n) is 8.32. The monoisotopic (exact) mass is 431 g/mol. The van der Waals surface area contributed by atoms with Crippen LogP contribution in [0.25, 0.3) is 11.4 Å². The molecule has 0 saturated carbocycles. The van der Waals surface area contributed by atoms with E-state index >= 15 is 0 Å². The normalized spacial score (nSPS) is 16.0. The first-order valence-electron chi connectivity index (χ1n) is 10.9. The number of aromatic nitrogens is 3. The summed E-state index contributed by atoms with van der Waals surface area (Å²) in [7, 11) is 5.59. The zero-order valence-electron chi connectivity index (χ0n) is 18.9. The highest BCUT2D eigenvalue weighted by atomic mass is 16.5. The van der Waals surface area contributed by atoms with E-state index in [1.54, 1.807) is 19.5 Å². The van der Waals surface area contributed by atoms with E-state index in [1.165, 1.54) is 0 Å². The van der Waals surface area contributed by atoms with Crippen LogP contribution < -0.4 is 9.64 Å². The Morgan fingerprint density at radius 3 is 2.81 bits per heavy atom. The van der Waals surface area contributed by atoms with Crippen molar-refractivity contribution in [3.8, 4) is 17.1 Å². The molecule has 0 aliphatic carbocycles. The molecule has 166 valence electrons. The van der Waals surface area contributed by atoms with E-state index in [-0.39, 0.29) is 11.8 Å². The summed E-state index contributed by atoms with van der Waals surface area (Å²) in [4.78, 5) is 30.8. The number of methoxy groups -OCH3 is 1. The zero-order valence-corrected chi connectivity index (χ0v) is 18.9. The first-order valence-corrected chi connectivity index (χ1v) is 10.9. The van der Waals surface area contributed by atoms with Gasteiger partial charge in [-0.05, 0) is 42.7 Å². The Bertz CT molecular complexity index is 1070. The molecule has 1 atom stereocenters. The Labute approximate surface area is 189 Å². The summed E-state index contributed by atoms with van der Waals surface area (Å²) < 4.78 is 5.29. The maximum atomic E-state index is 13.0. The van der Waals surface area contributed by atoms with Gasteiger partial charge in [0.1, 0.15) is 11.6 Å². The number of amides is 1. The number of hydrogen-bond donors (Lipinski definition) is 0. The summed E-state index contributed by atoms with van der Waals surface area (Å²) in [5.74, 6) is 2.60. The van der Waals surface area contributed by atoms with E-state index in [9.17, 15) is 4.79 Å². The number of pyridine rings is 1. The molecule has 1 amide bonds. The first kappa shape index (κ1) is 21.7. The number of ether oxygens (including phenoxy) is 1. The fraction of sp³-hybridized carbons (Fsp3) is 0.360. The van der Waals surface area contributed by atoms with Crippen LogP contribution in [-0.2, 0) is 11.2 Å². The van der Waals surface area contributed by atoms with Crippen molar-refractivity contribution in [3.05, 3.63) is 66.1 Å². The molecule has 0 radical (unpaired) electrons. The number of benzene rings is 1. The smallest absolute Gasteiger partial charge is 0.227 e. The number of likely N-dealkylation sites (tertiary alicyclic amines) is 1.